The zero-order valence-electron chi connectivity index (χ0n) is 17.1. The number of primary amides is 1. The summed E-state index contributed by atoms with van der Waals surface area (Å²) in [4.78, 5) is 13.6. The number of amides is 1. The highest BCUT2D eigenvalue weighted by molar-refractivity contribution is 5.87. The molecule has 0 saturated carbocycles. The second-order valence-corrected chi connectivity index (χ2v) is 8.28. The van der Waals surface area contributed by atoms with Crippen LogP contribution in [-0.2, 0) is 24.2 Å². The molecule has 0 atom stereocenters. The van der Waals surface area contributed by atoms with Crippen LogP contribution in [0.4, 0.5) is 5.82 Å². The summed E-state index contributed by atoms with van der Waals surface area (Å²) in [6.07, 6.45) is 8.59. The van der Waals surface area contributed by atoms with E-state index in [1.54, 1.807) is 0 Å². The molecule has 2 N–H and O–H groups in total. The maximum Gasteiger partial charge on any atom is 0.237 e. The number of carbonyl (C=O) groups excluding carboxylic acids is 1. The van der Waals surface area contributed by atoms with Gasteiger partial charge in [0.05, 0.1) is 11.2 Å². The average molecular weight is 406 g/mol. The van der Waals surface area contributed by atoms with Crippen molar-refractivity contribution in [2.24, 2.45) is 5.73 Å². The van der Waals surface area contributed by atoms with Crippen LogP contribution in [-0.4, -0.2) is 39.9 Å². The van der Waals surface area contributed by atoms with Crippen LogP contribution in [0.15, 0.2) is 36.5 Å². The number of hydrogen-bond acceptors (Lipinski definition) is 5. The summed E-state index contributed by atoms with van der Waals surface area (Å²) in [5, 5.41) is 9.98. The fourth-order valence-electron chi connectivity index (χ4n) is 4.62. The van der Waals surface area contributed by atoms with E-state index in [1.807, 2.05) is 35.0 Å². The summed E-state index contributed by atoms with van der Waals surface area (Å²) in [5.74, 6) is 1.51. The molecule has 1 amide bonds. The molecule has 0 bridgehead atoms. The molecular formula is C23H27N5O2. The summed E-state index contributed by atoms with van der Waals surface area (Å²) < 4.78 is 8.23. The monoisotopic (exact) mass is 405 g/mol. The highest BCUT2D eigenvalue weighted by Gasteiger charge is 2.24. The molecule has 1 aliphatic carbocycles. The number of carbonyl (C=O) groups is 1. The topological polar surface area (TPSA) is 86.3 Å². The standard InChI is InChI=1S/C23H27N5O2/c24-22(29)15-28-13-10-18-20(28)6-3-7-21(18)30-17-8-11-27(12-9-17)23-14-16-4-1-2-5-19(16)25-26-23/h3,6-7,10,13-14,17H,1-2,4-5,8-9,11-12,15H2,(H2,24,29). The van der Waals surface area contributed by atoms with Gasteiger partial charge in [-0.3, -0.25) is 4.79 Å². The molecule has 0 unspecified atom stereocenters. The van der Waals surface area contributed by atoms with Gasteiger partial charge in [0.2, 0.25) is 5.91 Å². The second-order valence-electron chi connectivity index (χ2n) is 8.28. The molecule has 7 heteroatoms. The number of benzene rings is 1. The molecule has 0 radical (unpaired) electrons. The van der Waals surface area contributed by atoms with Gasteiger partial charge in [-0.25, -0.2) is 0 Å². The largest absolute Gasteiger partial charge is 0.490 e. The molecule has 3 heterocycles. The van der Waals surface area contributed by atoms with E-state index < -0.39 is 0 Å². The van der Waals surface area contributed by atoms with Crippen molar-refractivity contribution in [2.45, 2.75) is 51.2 Å². The normalized spacial score (nSPS) is 17.1. The minimum Gasteiger partial charge on any atom is -0.490 e. The number of aryl methyl sites for hydroxylation is 2. The summed E-state index contributed by atoms with van der Waals surface area (Å²) in [7, 11) is 0. The van der Waals surface area contributed by atoms with Gasteiger partial charge in [0.25, 0.3) is 0 Å². The average Bonchev–Trinajstić information content (AvgIpc) is 3.17. The van der Waals surface area contributed by atoms with Crippen molar-refractivity contribution in [3.63, 3.8) is 0 Å². The molecule has 5 rings (SSSR count). The van der Waals surface area contributed by atoms with Crippen molar-refractivity contribution < 1.29 is 9.53 Å². The Bertz CT molecular complexity index is 1070. The van der Waals surface area contributed by atoms with E-state index >= 15 is 0 Å². The zero-order valence-corrected chi connectivity index (χ0v) is 17.1. The predicted octanol–water partition coefficient (Wildman–Crippen LogP) is 2.84. The van der Waals surface area contributed by atoms with E-state index in [4.69, 9.17) is 10.5 Å². The van der Waals surface area contributed by atoms with Gasteiger partial charge in [-0.2, -0.15) is 5.10 Å². The van der Waals surface area contributed by atoms with E-state index in [1.165, 1.54) is 24.1 Å². The van der Waals surface area contributed by atoms with E-state index in [0.717, 1.165) is 61.2 Å². The second kappa shape index (κ2) is 7.97. The Morgan fingerprint density at radius 2 is 1.97 bits per heavy atom. The molecular weight excluding hydrogens is 378 g/mol. The van der Waals surface area contributed by atoms with E-state index in [0.29, 0.717) is 0 Å². The first kappa shape index (κ1) is 18.9. The number of rotatable bonds is 5. The van der Waals surface area contributed by atoms with Crippen LogP contribution in [0.25, 0.3) is 10.9 Å². The number of aromatic nitrogens is 3. The molecule has 0 spiro atoms. The Kier molecular flexibility index (Phi) is 5.02. The number of nitrogens with two attached hydrogens (primary N) is 1. The first-order chi connectivity index (χ1) is 14.7. The lowest BCUT2D eigenvalue weighted by Gasteiger charge is -2.33. The van der Waals surface area contributed by atoms with E-state index in [2.05, 4.69) is 21.2 Å². The molecule has 7 nitrogen and oxygen atoms in total. The number of piperidine rings is 1. The smallest absolute Gasteiger partial charge is 0.237 e. The Morgan fingerprint density at radius 1 is 1.13 bits per heavy atom. The summed E-state index contributed by atoms with van der Waals surface area (Å²) in [6, 6.07) is 10.2. The molecule has 1 fully saturated rings. The summed E-state index contributed by atoms with van der Waals surface area (Å²) in [5.41, 5.74) is 8.87. The molecule has 3 aromatic rings. The van der Waals surface area contributed by atoms with Crippen LogP contribution in [0, 0.1) is 0 Å². The lowest BCUT2D eigenvalue weighted by atomic mass is 9.96. The van der Waals surface area contributed by atoms with Crippen LogP contribution in [0.3, 0.4) is 0 Å². The third kappa shape index (κ3) is 3.72. The molecule has 1 aromatic carbocycles. The van der Waals surface area contributed by atoms with Gasteiger partial charge in [-0.15, -0.1) is 5.10 Å². The highest BCUT2D eigenvalue weighted by atomic mass is 16.5. The van der Waals surface area contributed by atoms with Crippen molar-refractivity contribution in [1.82, 2.24) is 14.8 Å². The molecule has 30 heavy (non-hydrogen) atoms. The quantitative estimate of drug-likeness (QED) is 0.705. The van der Waals surface area contributed by atoms with E-state index in [-0.39, 0.29) is 18.6 Å². The Hall–Kier alpha value is -3.09. The number of ether oxygens (including phenoxy) is 1. The van der Waals surface area contributed by atoms with E-state index in [9.17, 15) is 4.79 Å². The first-order valence-corrected chi connectivity index (χ1v) is 10.8. The third-order valence-electron chi connectivity index (χ3n) is 6.22. The maximum atomic E-state index is 11.3. The minimum absolute atomic E-state index is 0.164. The number of fused-ring (bicyclic) bond motifs is 2. The first-order valence-electron chi connectivity index (χ1n) is 10.8. The van der Waals surface area contributed by atoms with Crippen LogP contribution in [0.1, 0.15) is 36.9 Å². The van der Waals surface area contributed by atoms with Gasteiger partial charge < -0.3 is 19.9 Å². The van der Waals surface area contributed by atoms with Gasteiger partial charge >= 0.3 is 0 Å². The van der Waals surface area contributed by atoms with Crippen LogP contribution in [0.2, 0.25) is 0 Å². The fourth-order valence-corrected chi connectivity index (χ4v) is 4.62. The maximum absolute atomic E-state index is 11.3. The van der Waals surface area contributed by atoms with Crippen LogP contribution in [0.5, 0.6) is 5.75 Å². The van der Waals surface area contributed by atoms with Gasteiger partial charge in [0.15, 0.2) is 5.82 Å². The number of anilines is 1. The van der Waals surface area contributed by atoms with Crippen molar-refractivity contribution in [3.8, 4) is 5.75 Å². The Balaban J connectivity index is 1.25. The van der Waals surface area contributed by atoms with Crippen LogP contribution >= 0.6 is 0 Å². The Morgan fingerprint density at radius 3 is 2.80 bits per heavy atom. The third-order valence-corrected chi connectivity index (χ3v) is 6.22. The van der Waals surface area contributed by atoms with Gasteiger partial charge in [0, 0.05) is 37.5 Å². The van der Waals surface area contributed by atoms with Gasteiger partial charge in [-0.1, -0.05) is 6.07 Å². The SMILES string of the molecule is NC(=O)Cn1ccc2c(OC3CCN(c4cc5c(nn4)CCCC5)CC3)cccc21. The van der Waals surface area contributed by atoms with Crippen molar-refractivity contribution in [2.75, 3.05) is 18.0 Å². The van der Waals surface area contributed by atoms with Crippen molar-refractivity contribution in [3.05, 3.63) is 47.8 Å². The molecule has 156 valence electrons. The summed E-state index contributed by atoms with van der Waals surface area (Å²) in [6.45, 7) is 2.00. The molecule has 1 saturated heterocycles. The predicted molar refractivity (Wildman–Crippen MR) is 116 cm³/mol. The Labute approximate surface area is 175 Å². The van der Waals surface area contributed by atoms with Crippen molar-refractivity contribution >= 4 is 22.6 Å². The minimum atomic E-state index is -0.350. The molecule has 2 aliphatic rings. The van der Waals surface area contributed by atoms with Gasteiger partial charge in [-0.05, 0) is 55.5 Å². The zero-order chi connectivity index (χ0) is 20.5. The van der Waals surface area contributed by atoms with Gasteiger partial charge in [0.1, 0.15) is 18.4 Å². The number of hydrogen-bond donors (Lipinski definition) is 1. The highest BCUT2D eigenvalue weighted by Crippen LogP contribution is 2.30. The fraction of sp³-hybridized carbons (Fsp3) is 0.435. The molecule has 2 aromatic heterocycles. The lowest BCUT2D eigenvalue weighted by molar-refractivity contribution is -0.118. The molecule has 1 aliphatic heterocycles. The van der Waals surface area contributed by atoms with Crippen molar-refractivity contribution in [1.29, 1.82) is 0 Å². The number of nitrogens with zero attached hydrogens (tertiary/aromatic N) is 4. The lowest BCUT2D eigenvalue weighted by Crippen LogP contribution is -2.39. The van der Waals surface area contributed by atoms with Crippen LogP contribution < -0.4 is 15.4 Å². The summed E-state index contributed by atoms with van der Waals surface area (Å²) >= 11 is 0.